The lowest BCUT2D eigenvalue weighted by molar-refractivity contribution is 0.414. The van der Waals surface area contributed by atoms with E-state index in [1.54, 1.807) is 0 Å². The summed E-state index contributed by atoms with van der Waals surface area (Å²) >= 11 is 0. The van der Waals surface area contributed by atoms with Gasteiger partial charge in [0.1, 0.15) is 5.75 Å². The van der Waals surface area contributed by atoms with E-state index in [0.717, 1.165) is 11.1 Å². The summed E-state index contributed by atoms with van der Waals surface area (Å²) in [6.07, 6.45) is 6.34. The topological polar surface area (TPSA) is 20.2 Å². The van der Waals surface area contributed by atoms with Crippen LogP contribution in [-0.4, -0.2) is 5.11 Å². The fourth-order valence-electron chi connectivity index (χ4n) is 3.99. The Balaban J connectivity index is 2.09. The molecule has 0 aromatic heterocycles. The molecule has 0 spiro atoms. The third-order valence-corrected chi connectivity index (χ3v) is 5.29. The smallest absolute Gasteiger partial charge is 0.119 e. The van der Waals surface area contributed by atoms with Crippen LogP contribution in [0.4, 0.5) is 0 Å². The van der Waals surface area contributed by atoms with Gasteiger partial charge in [0.25, 0.3) is 0 Å². The molecular weight excluding hydrogens is 280 g/mol. The lowest BCUT2D eigenvalue weighted by atomic mass is 9.81. The molecule has 3 rings (SSSR count). The van der Waals surface area contributed by atoms with E-state index in [2.05, 4.69) is 51.1 Å². The summed E-state index contributed by atoms with van der Waals surface area (Å²) in [6, 6.07) is 12.9. The van der Waals surface area contributed by atoms with E-state index in [-0.39, 0.29) is 0 Å². The Bertz CT molecular complexity index is 678. The van der Waals surface area contributed by atoms with Gasteiger partial charge in [0.05, 0.1) is 0 Å². The molecule has 23 heavy (non-hydrogen) atoms. The van der Waals surface area contributed by atoms with Crippen LogP contribution in [-0.2, 0) is 0 Å². The van der Waals surface area contributed by atoms with Gasteiger partial charge in [-0.25, -0.2) is 0 Å². The zero-order valence-corrected chi connectivity index (χ0v) is 14.6. The van der Waals surface area contributed by atoms with E-state index < -0.39 is 0 Å². The third kappa shape index (κ3) is 3.29. The van der Waals surface area contributed by atoms with Crippen molar-refractivity contribution in [2.45, 2.75) is 64.7 Å². The predicted octanol–water partition coefficient (Wildman–Crippen LogP) is 6.54. The van der Waals surface area contributed by atoms with Crippen molar-refractivity contribution in [1.82, 2.24) is 0 Å². The minimum atomic E-state index is 0.486. The van der Waals surface area contributed by atoms with Crippen LogP contribution < -0.4 is 0 Å². The van der Waals surface area contributed by atoms with Crippen LogP contribution in [0.1, 0.15) is 74.5 Å². The highest BCUT2D eigenvalue weighted by atomic mass is 16.3. The lowest BCUT2D eigenvalue weighted by Gasteiger charge is -2.24. The lowest BCUT2D eigenvalue weighted by Crippen LogP contribution is -2.05. The van der Waals surface area contributed by atoms with Gasteiger partial charge in [-0.2, -0.15) is 0 Å². The van der Waals surface area contributed by atoms with Crippen molar-refractivity contribution in [3.8, 4) is 16.9 Å². The summed E-state index contributed by atoms with van der Waals surface area (Å²) in [5.74, 6) is 1.51. The Kier molecular flexibility index (Phi) is 4.75. The van der Waals surface area contributed by atoms with Gasteiger partial charge in [-0.1, -0.05) is 57.4 Å². The van der Waals surface area contributed by atoms with E-state index in [4.69, 9.17) is 0 Å². The minimum absolute atomic E-state index is 0.486. The standard InChI is InChI=1S/C22H28O/c1-15(2)18-11-7-8-12-19(18)20-14-21(22(23)13-16(20)3)17-9-5-4-6-10-17/h7-8,11-15,17,23H,4-6,9-10H2,1-3H3. The van der Waals surface area contributed by atoms with Gasteiger partial charge in [-0.15, -0.1) is 0 Å². The molecule has 0 aliphatic heterocycles. The van der Waals surface area contributed by atoms with Gasteiger partial charge in [-0.05, 0) is 71.6 Å². The molecule has 0 saturated heterocycles. The zero-order valence-electron chi connectivity index (χ0n) is 14.6. The van der Waals surface area contributed by atoms with Crippen molar-refractivity contribution in [3.05, 3.63) is 53.1 Å². The fraction of sp³-hybridized carbons (Fsp3) is 0.455. The average Bonchev–Trinajstić information content (AvgIpc) is 2.56. The van der Waals surface area contributed by atoms with Gasteiger partial charge in [-0.3, -0.25) is 0 Å². The molecule has 0 heterocycles. The zero-order chi connectivity index (χ0) is 16.4. The Labute approximate surface area is 140 Å². The summed E-state index contributed by atoms with van der Waals surface area (Å²) in [5, 5.41) is 10.5. The average molecular weight is 308 g/mol. The number of hydrogen-bond acceptors (Lipinski definition) is 1. The molecule has 2 aromatic carbocycles. The molecule has 1 nitrogen and oxygen atoms in total. The Hall–Kier alpha value is -1.76. The summed E-state index contributed by atoms with van der Waals surface area (Å²) in [4.78, 5) is 0. The Morgan fingerprint density at radius 3 is 2.35 bits per heavy atom. The maximum Gasteiger partial charge on any atom is 0.119 e. The van der Waals surface area contributed by atoms with Crippen molar-refractivity contribution in [3.63, 3.8) is 0 Å². The van der Waals surface area contributed by atoms with Gasteiger partial charge >= 0.3 is 0 Å². The Morgan fingerprint density at radius 2 is 1.65 bits per heavy atom. The molecule has 1 fully saturated rings. The van der Waals surface area contributed by atoms with Crippen LogP contribution in [0, 0.1) is 6.92 Å². The molecule has 2 aromatic rings. The minimum Gasteiger partial charge on any atom is -0.508 e. The number of benzene rings is 2. The summed E-state index contributed by atoms with van der Waals surface area (Å²) in [5.41, 5.74) is 6.31. The molecule has 0 bridgehead atoms. The van der Waals surface area contributed by atoms with Crippen LogP contribution in [0.15, 0.2) is 36.4 Å². The first kappa shape index (κ1) is 16.1. The van der Waals surface area contributed by atoms with Gasteiger partial charge in [0.2, 0.25) is 0 Å². The SMILES string of the molecule is Cc1cc(O)c(C2CCCCC2)cc1-c1ccccc1C(C)C. The van der Waals surface area contributed by atoms with E-state index in [9.17, 15) is 5.11 Å². The number of phenolic OH excluding ortho intramolecular Hbond substituents is 1. The quantitative estimate of drug-likeness (QED) is 0.682. The Morgan fingerprint density at radius 1 is 0.957 bits per heavy atom. The first-order valence-corrected chi connectivity index (χ1v) is 9.00. The molecule has 0 unspecified atom stereocenters. The molecule has 1 aliphatic carbocycles. The molecule has 122 valence electrons. The second-order valence-corrected chi connectivity index (χ2v) is 7.30. The van der Waals surface area contributed by atoms with E-state index in [1.165, 1.54) is 48.8 Å². The molecule has 0 radical (unpaired) electrons. The maximum absolute atomic E-state index is 10.5. The number of aryl methyl sites for hydroxylation is 1. The molecule has 0 atom stereocenters. The van der Waals surface area contributed by atoms with E-state index >= 15 is 0 Å². The first-order valence-electron chi connectivity index (χ1n) is 9.00. The highest BCUT2D eigenvalue weighted by Gasteiger charge is 2.21. The largest absolute Gasteiger partial charge is 0.508 e. The molecule has 1 N–H and O–H groups in total. The second kappa shape index (κ2) is 6.78. The molecule has 1 aliphatic rings. The summed E-state index contributed by atoms with van der Waals surface area (Å²) in [6.45, 7) is 6.60. The van der Waals surface area contributed by atoms with E-state index in [0.29, 0.717) is 17.6 Å². The number of rotatable bonds is 3. The van der Waals surface area contributed by atoms with Crippen LogP contribution in [0.5, 0.6) is 5.75 Å². The second-order valence-electron chi connectivity index (χ2n) is 7.30. The third-order valence-electron chi connectivity index (χ3n) is 5.29. The van der Waals surface area contributed by atoms with Crippen molar-refractivity contribution in [1.29, 1.82) is 0 Å². The summed E-state index contributed by atoms with van der Waals surface area (Å²) < 4.78 is 0. The first-order chi connectivity index (χ1) is 11.1. The van der Waals surface area contributed by atoms with Gasteiger partial charge in [0.15, 0.2) is 0 Å². The van der Waals surface area contributed by atoms with Gasteiger partial charge in [0, 0.05) is 0 Å². The van der Waals surface area contributed by atoms with Crippen molar-refractivity contribution >= 4 is 0 Å². The number of phenols is 1. The van der Waals surface area contributed by atoms with E-state index in [1.807, 2.05) is 6.07 Å². The van der Waals surface area contributed by atoms with Crippen LogP contribution in [0.3, 0.4) is 0 Å². The highest BCUT2D eigenvalue weighted by molar-refractivity contribution is 5.73. The van der Waals surface area contributed by atoms with Crippen molar-refractivity contribution in [2.24, 2.45) is 0 Å². The fourth-order valence-corrected chi connectivity index (χ4v) is 3.99. The van der Waals surface area contributed by atoms with Gasteiger partial charge < -0.3 is 5.11 Å². The number of hydrogen-bond donors (Lipinski definition) is 1. The molecule has 0 amide bonds. The normalized spacial score (nSPS) is 16.0. The predicted molar refractivity (Wildman–Crippen MR) is 98.2 cm³/mol. The molecular formula is C22H28O. The molecule has 1 heteroatoms. The van der Waals surface area contributed by atoms with Crippen LogP contribution in [0.25, 0.3) is 11.1 Å². The number of aromatic hydroxyl groups is 1. The van der Waals surface area contributed by atoms with Crippen LogP contribution in [0.2, 0.25) is 0 Å². The van der Waals surface area contributed by atoms with Crippen molar-refractivity contribution < 1.29 is 5.11 Å². The van der Waals surface area contributed by atoms with Crippen molar-refractivity contribution in [2.75, 3.05) is 0 Å². The molecule has 1 saturated carbocycles. The van der Waals surface area contributed by atoms with Crippen LogP contribution >= 0.6 is 0 Å². The maximum atomic E-state index is 10.5. The highest BCUT2D eigenvalue weighted by Crippen LogP contribution is 2.41. The monoisotopic (exact) mass is 308 g/mol. The summed E-state index contributed by atoms with van der Waals surface area (Å²) in [7, 11) is 0.